The van der Waals surface area contributed by atoms with E-state index in [1.54, 1.807) is 130 Å². The number of aryl methyl sites for hydroxylation is 1. The van der Waals surface area contributed by atoms with Gasteiger partial charge in [-0.1, -0.05) is 166 Å². The molecule has 0 spiro atoms. The molecule has 73 heavy (non-hydrogen) atoms. The first kappa shape index (κ1) is 62.4. The monoisotopic (exact) mass is 1340 g/mol. The topological polar surface area (TPSA) is 40.5 Å². The molecule has 4 aliphatic carbocycles. The van der Waals surface area contributed by atoms with Crippen molar-refractivity contribution in [3.8, 4) is 0 Å². The first-order chi connectivity index (χ1) is 34.9. The summed E-state index contributed by atoms with van der Waals surface area (Å²) in [5, 5.41) is 26.2. The largest absolute Gasteiger partial charge is 0.393 e. The van der Waals surface area contributed by atoms with Gasteiger partial charge in [0.15, 0.2) is 0 Å². The van der Waals surface area contributed by atoms with Crippen LogP contribution in [0.15, 0.2) is 139 Å². The van der Waals surface area contributed by atoms with Crippen LogP contribution >= 0.6 is 11.6 Å². The van der Waals surface area contributed by atoms with Crippen molar-refractivity contribution >= 4 is 200 Å². The molecule has 4 aliphatic rings. The molecule has 6 atom stereocenters. The van der Waals surface area contributed by atoms with Gasteiger partial charge in [-0.25, -0.2) is 0 Å². The van der Waals surface area contributed by atoms with Crippen molar-refractivity contribution in [1.29, 1.82) is 0 Å². The summed E-state index contributed by atoms with van der Waals surface area (Å²) >= 11 is 16.2. The quantitative estimate of drug-likeness (QED) is 0.166. The fraction of sp³-hybridized carbons (Fsp3) is 0.373. The van der Waals surface area contributed by atoms with Crippen LogP contribution in [0.3, 0.4) is 0 Å². The smallest absolute Gasteiger partial charge is 0.0732 e. The average molecular weight is 1340 g/mol. The molecule has 2 fully saturated rings. The zero-order valence-electron chi connectivity index (χ0n) is 39.5. The number of rotatable bonds is 6. The second-order valence-electron chi connectivity index (χ2n) is 19.1. The SMILES string of the molecule is C.C=C1C(c2ccccc2)=C([Si](C)(C)C)C[C@@]2(Cc3ccccc3)C[C@@H](O)C[C@H]12.O[C@H]1C[C@@H]2c3cc(Cl)c4ccccc4c3CC[C@@]2(Cc2ccccc2)C1.S=S=S=S=S=S=S=S=S=S=S=S=S=S=S=S=S=S. The maximum atomic E-state index is 10.7. The summed E-state index contributed by atoms with van der Waals surface area (Å²) in [5.74, 6) is 0.751. The Morgan fingerprint density at radius 2 is 1.01 bits per heavy atom. The molecular weight excluding hydrogens is 1290 g/mol. The van der Waals surface area contributed by atoms with Gasteiger partial charge < -0.3 is 10.2 Å². The van der Waals surface area contributed by atoms with Crippen LogP contribution in [0.1, 0.15) is 79.7 Å². The number of fused-ring (bicyclic) bond motifs is 6. The summed E-state index contributed by atoms with van der Waals surface area (Å²) < 4.78 is 0. The minimum atomic E-state index is -1.55. The van der Waals surface area contributed by atoms with Crippen LogP contribution in [0.2, 0.25) is 24.7 Å². The normalized spacial score (nSPS) is 22.2. The van der Waals surface area contributed by atoms with Crippen molar-refractivity contribution in [2.24, 2.45) is 16.7 Å². The highest BCUT2D eigenvalue weighted by Crippen LogP contribution is 2.61. The lowest BCUT2D eigenvalue weighted by molar-refractivity contribution is 0.150. The lowest BCUT2D eigenvalue weighted by Crippen LogP contribution is -2.40. The first-order valence-electron chi connectivity index (χ1n) is 22.9. The Labute approximate surface area is 495 Å². The van der Waals surface area contributed by atoms with Crippen LogP contribution < -0.4 is 0 Å². The van der Waals surface area contributed by atoms with Gasteiger partial charge in [-0.05, 0) is 131 Å². The fourth-order valence-corrected chi connectivity index (χ4v) is 52.0. The Balaban J connectivity index is 0.000000182. The van der Waals surface area contributed by atoms with Gasteiger partial charge in [0.1, 0.15) is 0 Å². The predicted octanol–water partition coefficient (Wildman–Crippen LogP) is 12.8. The molecule has 0 unspecified atom stereocenters. The van der Waals surface area contributed by atoms with E-state index in [-0.39, 0.29) is 30.5 Å². The van der Waals surface area contributed by atoms with E-state index in [9.17, 15) is 10.2 Å². The molecule has 0 aromatic heterocycles. The molecule has 0 saturated heterocycles. The van der Waals surface area contributed by atoms with Crippen LogP contribution in [0.25, 0.3) is 16.3 Å². The molecular formula is C51H59ClO2S18Si. The van der Waals surface area contributed by atoms with Crippen LogP contribution in [0, 0.1) is 16.7 Å². The summed E-state index contributed by atoms with van der Waals surface area (Å²) in [4.78, 5) is 0. The van der Waals surface area contributed by atoms with Gasteiger partial charge >= 0.3 is 0 Å². The lowest BCUT2D eigenvalue weighted by Gasteiger charge is -2.46. The van der Waals surface area contributed by atoms with Crippen molar-refractivity contribution < 1.29 is 10.2 Å². The molecule has 0 heterocycles. The van der Waals surface area contributed by atoms with E-state index in [1.165, 1.54) is 62.1 Å². The number of hydrogen-bond acceptors (Lipinski definition) is 4. The second kappa shape index (κ2) is 31.3. The van der Waals surface area contributed by atoms with E-state index in [0.717, 1.165) is 68.2 Å². The van der Waals surface area contributed by atoms with Gasteiger partial charge in [-0.3, -0.25) is 0 Å². The highest BCUT2D eigenvalue weighted by atomic mass is 35.5. The minimum Gasteiger partial charge on any atom is -0.393 e. The molecule has 5 aromatic rings. The Hall–Kier alpha value is 0.227. The van der Waals surface area contributed by atoms with Crippen molar-refractivity contribution in [3.05, 3.63) is 172 Å². The highest BCUT2D eigenvalue weighted by Gasteiger charge is 2.53. The molecule has 2 saturated carbocycles. The molecule has 0 bridgehead atoms. The molecule has 9 rings (SSSR count). The van der Waals surface area contributed by atoms with E-state index < -0.39 is 8.07 Å². The van der Waals surface area contributed by atoms with E-state index in [1.807, 2.05) is 0 Å². The zero-order chi connectivity index (χ0) is 51.0. The van der Waals surface area contributed by atoms with E-state index in [0.29, 0.717) is 11.8 Å². The summed E-state index contributed by atoms with van der Waals surface area (Å²) in [6.07, 6.45) is 8.45. The van der Waals surface area contributed by atoms with Gasteiger partial charge in [-0.15, -0.1) is 0 Å². The third-order valence-corrected chi connectivity index (χ3v) is 49.8. The number of allylic oxidation sites excluding steroid dienone is 3. The van der Waals surface area contributed by atoms with Gasteiger partial charge in [0.05, 0.1) is 20.3 Å². The summed E-state index contributed by atoms with van der Waals surface area (Å²) in [6.45, 7) is 12.0. The Bertz CT molecular complexity index is 3490. The molecule has 0 amide bonds. The summed E-state index contributed by atoms with van der Waals surface area (Å²) in [7, 11) is 25.6. The molecule has 394 valence electrons. The maximum absolute atomic E-state index is 10.7. The number of benzene rings is 5. The first-order valence-corrected chi connectivity index (χ1v) is 49.5. The highest BCUT2D eigenvalue weighted by molar-refractivity contribution is 8.77. The lowest BCUT2D eigenvalue weighted by atomic mass is 9.62. The van der Waals surface area contributed by atoms with E-state index in [4.69, 9.17) is 34.0 Å². The van der Waals surface area contributed by atoms with Crippen molar-refractivity contribution in [2.75, 3.05) is 0 Å². The standard InChI is InChI=1S/C26H32OSi.C24H23ClO.CH4.S18/c1-19-23-15-22(27)17-26(23,16-20-11-7-5-8-12-20)18-24(28(2,3)4)25(19)21-13-9-6-10-14-21;25-23-13-21-19(18-8-4-5-9-20(18)23)10-11-24(15-17(26)12-22(21)24)14-16-6-2-1-3-7-16;;1-3-5-7-9-11-13-15-17-18-16-14-12-10-8-6-4-2/h5-14,22-23,27H,1,15-18H2,2-4H3;1-9,13,17,22,26H,10-12,14-15H2;1H4;/t22-,23+,26+;17-,22+,24+;;/m00../s1. The Kier molecular flexibility index (Phi) is 26.8. The summed E-state index contributed by atoms with van der Waals surface area (Å²) in [5.41, 5.74) is 9.82. The summed E-state index contributed by atoms with van der Waals surface area (Å²) in [6, 6.07) is 43.1. The van der Waals surface area contributed by atoms with Gasteiger partial charge in [0.2, 0.25) is 0 Å². The second-order valence-corrected chi connectivity index (χ2v) is 52.9. The zero-order valence-corrected chi connectivity index (χ0v) is 56.0. The molecule has 0 radical (unpaired) electrons. The number of hydrogen-bond donors (Lipinski definition) is 2. The van der Waals surface area contributed by atoms with Crippen LogP contribution in [0.5, 0.6) is 0 Å². The van der Waals surface area contributed by atoms with Crippen molar-refractivity contribution in [2.45, 2.75) is 103 Å². The van der Waals surface area contributed by atoms with E-state index in [2.05, 4.69) is 148 Å². The third-order valence-electron chi connectivity index (χ3n) is 13.9. The third kappa shape index (κ3) is 17.4. The van der Waals surface area contributed by atoms with Crippen molar-refractivity contribution in [1.82, 2.24) is 0 Å². The number of aliphatic hydroxyl groups excluding tert-OH is 2. The molecule has 5 aromatic carbocycles. The van der Waals surface area contributed by atoms with Gasteiger partial charge in [0.25, 0.3) is 0 Å². The predicted molar refractivity (Wildman–Crippen MR) is 369 cm³/mol. The van der Waals surface area contributed by atoms with Crippen LogP contribution in [-0.2, 0) is 184 Å². The van der Waals surface area contributed by atoms with Crippen LogP contribution in [-0.4, -0.2) is 30.5 Å². The maximum Gasteiger partial charge on any atom is 0.0732 e. The minimum absolute atomic E-state index is 0. The molecule has 22 heteroatoms. The Morgan fingerprint density at radius 1 is 0.589 bits per heavy atom. The average Bonchev–Trinajstić information content (AvgIpc) is 3.90. The van der Waals surface area contributed by atoms with Crippen LogP contribution in [0.4, 0.5) is 0 Å². The molecule has 0 aliphatic heterocycles. The Morgan fingerprint density at radius 3 is 1.51 bits per heavy atom. The fourth-order valence-electron chi connectivity index (χ4n) is 11.4. The van der Waals surface area contributed by atoms with E-state index >= 15 is 0 Å². The van der Waals surface area contributed by atoms with Crippen molar-refractivity contribution in [3.63, 3.8) is 0 Å². The molecule has 2 N–H and O–H groups in total. The number of aliphatic hydroxyl groups is 2. The van der Waals surface area contributed by atoms with Gasteiger partial charge in [0, 0.05) is 175 Å². The number of halogens is 1. The molecule has 2 nitrogen and oxygen atoms in total. The van der Waals surface area contributed by atoms with Gasteiger partial charge in [-0.2, -0.15) is 0 Å².